The number of rotatable bonds is 4. The summed E-state index contributed by atoms with van der Waals surface area (Å²) in [5.74, 6) is -0.139. The minimum absolute atomic E-state index is 0.239. The molecule has 0 spiro atoms. The van der Waals surface area contributed by atoms with E-state index in [9.17, 15) is 4.39 Å². The molecule has 0 fully saturated rings. The first-order valence-electron chi connectivity index (χ1n) is 5.72. The minimum atomic E-state index is -0.378. The van der Waals surface area contributed by atoms with Crippen LogP contribution in [0.3, 0.4) is 0 Å². The number of nitrogens with zero attached hydrogens (tertiary/aromatic N) is 2. The third-order valence-electron chi connectivity index (χ3n) is 2.78. The summed E-state index contributed by atoms with van der Waals surface area (Å²) < 4.78 is 20.3. The zero-order valence-corrected chi connectivity index (χ0v) is 10.5. The Morgan fingerprint density at radius 2 is 2.17 bits per heavy atom. The van der Waals surface area contributed by atoms with Crippen LogP contribution < -0.4 is 10.5 Å². The fourth-order valence-corrected chi connectivity index (χ4v) is 1.89. The van der Waals surface area contributed by atoms with Gasteiger partial charge in [-0.3, -0.25) is 4.68 Å². The maximum atomic E-state index is 13.6. The SMILES string of the molecule is COc1ccc(-c2cc(CCN)nn2C)cc1F. The number of benzene rings is 1. The average Bonchev–Trinajstić information content (AvgIpc) is 2.71. The summed E-state index contributed by atoms with van der Waals surface area (Å²) in [6.45, 7) is 0.549. The van der Waals surface area contributed by atoms with Crippen molar-refractivity contribution in [3.63, 3.8) is 0 Å². The van der Waals surface area contributed by atoms with Crippen LogP contribution in [0.5, 0.6) is 5.75 Å². The van der Waals surface area contributed by atoms with E-state index in [0.717, 1.165) is 17.0 Å². The number of methoxy groups -OCH3 is 1. The van der Waals surface area contributed by atoms with Gasteiger partial charge in [-0.2, -0.15) is 5.10 Å². The molecule has 1 heterocycles. The molecule has 1 aromatic heterocycles. The summed E-state index contributed by atoms with van der Waals surface area (Å²) in [6, 6.07) is 6.79. The van der Waals surface area contributed by atoms with E-state index in [0.29, 0.717) is 13.0 Å². The van der Waals surface area contributed by atoms with Crippen molar-refractivity contribution in [1.82, 2.24) is 9.78 Å². The topological polar surface area (TPSA) is 53.1 Å². The summed E-state index contributed by atoms with van der Waals surface area (Å²) in [5, 5.41) is 4.33. The van der Waals surface area contributed by atoms with Gasteiger partial charge < -0.3 is 10.5 Å². The van der Waals surface area contributed by atoms with Gasteiger partial charge in [0.15, 0.2) is 11.6 Å². The van der Waals surface area contributed by atoms with Crippen molar-refractivity contribution in [3.05, 3.63) is 35.8 Å². The van der Waals surface area contributed by atoms with E-state index in [1.165, 1.54) is 13.2 Å². The molecule has 0 saturated heterocycles. The lowest BCUT2D eigenvalue weighted by Gasteiger charge is -2.05. The summed E-state index contributed by atoms with van der Waals surface area (Å²) in [6.07, 6.45) is 0.715. The molecule has 0 aliphatic carbocycles. The van der Waals surface area contributed by atoms with Gasteiger partial charge in [-0.1, -0.05) is 0 Å². The molecule has 96 valence electrons. The van der Waals surface area contributed by atoms with E-state index in [1.54, 1.807) is 10.7 Å². The minimum Gasteiger partial charge on any atom is -0.494 e. The molecule has 2 aromatic rings. The fraction of sp³-hybridized carbons (Fsp3) is 0.308. The first-order valence-corrected chi connectivity index (χ1v) is 5.72. The Hall–Kier alpha value is -1.88. The summed E-state index contributed by atoms with van der Waals surface area (Å²) in [7, 11) is 3.28. The molecule has 1 aromatic carbocycles. The standard InChI is InChI=1S/C13H16FN3O/c1-17-12(8-10(16-17)5-6-15)9-3-4-13(18-2)11(14)7-9/h3-4,7-8H,5-6,15H2,1-2H3. The van der Waals surface area contributed by atoms with E-state index >= 15 is 0 Å². The van der Waals surface area contributed by atoms with Crippen LogP contribution in [-0.4, -0.2) is 23.4 Å². The lowest BCUT2D eigenvalue weighted by atomic mass is 10.1. The number of hydrogen-bond acceptors (Lipinski definition) is 3. The molecule has 0 amide bonds. The van der Waals surface area contributed by atoms with Gasteiger partial charge >= 0.3 is 0 Å². The maximum absolute atomic E-state index is 13.6. The predicted octanol–water partition coefficient (Wildman–Crippen LogP) is 1.74. The average molecular weight is 249 g/mol. The second-order valence-electron chi connectivity index (χ2n) is 4.03. The van der Waals surface area contributed by atoms with Crippen molar-refractivity contribution < 1.29 is 9.13 Å². The van der Waals surface area contributed by atoms with Crippen LogP contribution in [0, 0.1) is 5.82 Å². The molecule has 0 aliphatic rings. The van der Waals surface area contributed by atoms with Crippen LogP contribution in [0.25, 0.3) is 11.3 Å². The lowest BCUT2D eigenvalue weighted by Crippen LogP contribution is -2.03. The van der Waals surface area contributed by atoms with Crippen LogP contribution in [0.4, 0.5) is 4.39 Å². The smallest absolute Gasteiger partial charge is 0.165 e. The van der Waals surface area contributed by atoms with Gasteiger partial charge in [0.05, 0.1) is 18.5 Å². The monoisotopic (exact) mass is 249 g/mol. The zero-order chi connectivity index (χ0) is 13.1. The van der Waals surface area contributed by atoms with Crippen molar-refractivity contribution in [2.45, 2.75) is 6.42 Å². The molecule has 0 saturated carbocycles. The summed E-state index contributed by atoms with van der Waals surface area (Å²) in [4.78, 5) is 0. The molecule has 2 rings (SSSR count). The molecule has 0 aliphatic heterocycles. The van der Waals surface area contributed by atoms with Gasteiger partial charge in [-0.25, -0.2) is 4.39 Å². The summed E-state index contributed by atoms with van der Waals surface area (Å²) >= 11 is 0. The van der Waals surface area contributed by atoms with E-state index in [-0.39, 0.29) is 11.6 Å². The Morgan fingerprint density at radius 3 is 2.78 bits per heavy atom. The molecular weight excluding hydrogens is 233 g/mol. The zero-order valence-electron chi connectivity index (χ0n) is 10.5. The van der Waals surface area contributed by atoms with E-state index in [1.807, 2.05) is 19.2 Å². The number of aryl methyl sites for hydroxylation is 1. The van der Waals surface area contributed by atoms with Gasteiger partial charge in [0.25, 0.3) is 0 Å². The molecule has 0 atom stereocenters. The molecular formula is C13H16FN3O. The highest BCUT2D eigenvalue weighted by molar-refractivity contribution is 5.61. The van der Waals surface area contributed by atoms with Crippen LogP contribution >= 0.6 is 0 Å². The number of ether oxygens (including phenoxy) is 1. The molecule has 18 heavy (non-hydrogen) atoms. The van der Waals surface area contributed by atoms with Crippen LogP contribution in [0.1, 0.15) is 5.69 Å². The Labute approximate surface area is 105 Å². The third kappa shape index (κ3) is 2.36. The predicted molar refractivity (Wildman–Crippen MR) is 67.9 cm³/mol. The Morgan fingerprint density at radius 1 is 1.39 bits per heavy atom. The third-order valence-corrected chi connectivity index (χ3v) is 2.78. The van der Waals surface area contributed by atoms with Crippen molar-refractivity contribution >= 4 is 0 Å². The number of aromatic nitrogens is 2. The van der Waals surface area contributed by atoms with E-state index in [4.69, 9.17) is 10.5 Å². The van der Waals surface area contributed by atoms with E-state index in [2.05, 4.69) is 5.10 Å². The fourth-order valence-electron chi connectivity index (χ4n) is 1.89. The first-order chi connectivity index (χ1) is 8.65. The van der Waals surface area contributed by atoms with Gasteiger partial charge in [0, 0.05) is 19.0 Å². The molecule has 5 heteroatoms. The number of halogens is 1. The quantitative estimate of drug-likeness (QED) is 0.898. The van der Waals surface area contributed by atoms with E-state index < -0.39 is 0 Å². The number of hydrogen-bond donors (Lipinski definition) is 1. The first kappa shape index (κ1) is 12.6. The van der Waals surface area contributed by atoms with Crippen molar-refractivity contribution in [3.8, 4) is 17.0 Å². The van der Waals surface area contributed by atoms with Crippen molar-refractivity contribution in [1.29, 1.82) is 0 Å². The lowest BCUT2D eigenvalue weighted by molar-refractivity contribution is 0.386. The van der Waals surface area contributed by atoms with Crippen LogP contribution in [0.15, 0.2) is 24.3 Å². The Bertz CT molecular complexity index is 551. The molecule has 0 radical (unpaired) electrons. The van der Waals surface area contributed by atoms with Crippen LogP contribution in [0.2, 0.25) is 0 Å². The van der Waals surface area contributed by atoms with Gasteiger partial charge in [-0.05, 0) is 30.8 Å². The molecule has 0 unspecified atom stereocenters. The second-order valence-corrected chi connectivity index (χ2v) is 4.03. The highest BCUT2D eigenvalue weighted by Crippen LogP contribution is 2.25. The highest BCUT2D eigenvalue weighted by atomic mass is 19.1. The van der Waals surface area contributed by atoms with Gasteiger partial charge in [0.2, 0.25) is 0 Å². The van der Waals surface area contributed by atoms with Crippen molar-refractivity contribution in [2.75, 3.05) is 13.7 Å². The van der Waals surface area contributed by atoms with Crippen molar-refractivity contribution in [2.24, 2.45) is 12.8 Å². The molecule has 2 N–H and O–H groups in total. The van der Waals surface area contributed by atoms with Gasteiger partial charge in [0.1, 0.15) is 0 Å². The Kier molecular flexibility index (Phi) is 3.62. The second kappa shape index (κ2) is 5.18. The highest BCUT2D eigenvalue weighted by Gasteiger charge is 2.10. The molecule has 0 bridgehead atoms. The van der Waals surface area contributed by atoms with Gasteiger partial charge in [-0.15, -0.1) is 0 Å². The normalized spacial score (nSPS) is 10.7. The largest absolute Gasteiger partial charge is 0.494 e. The number of nitrogens with two attached hydrogens (primary N) is 1. The Balaban J connectivity index is 2.39. The van der Waals surface area contributed by atoms with Crippen LogP contribution in [-0.2, 0) is 13.5 Å². The summed E-state index contributed by atoms with van der Waals surface area (Å²) in [5.41, 5.74) is 8.03. The molecule has 4 nitrogen and oxygen atoms in total. The maximum Gasteiger partial charge on any atom is 0.165 e.